The number of aliphatic hydroxyl groups is 1. The van der Waals surface area contributed by atoms with Crippen molar-refractivity contribution in [2.75, 3.05) is 0 Å². The van der Waals surface area contributed by atoms with Gasteiger partial charge in [-0.1, -0.05) is 59.8 Å². The van der Waals surface area contributed by atoms with Crippen LogP contribution in [0.1, 0.15) is 66.2 Å². The van der Waals surface area contributed by atoms with E-state index in [1.54, 1.807) is 0 Å². The molecular formula is C14H28O3. The van der Waals surface area contributed by atoms with Crippen molar-refractivity contribution in [3.05, 3.63) is 0 Å². The molecule has 3 nitrogen and oxygen atoms in total. The van der Waals surface area contributed by atoms with Gasteiger partial charge in [-0.3, -0.25) is 0 Å². The first kappa shape index (κ1) is 16.4. The van der Waals surface area contributed by atoms with Crippen molar-refractivity contribution in [1.82, 2.24) is 0 Å². The topological polar surface area (TPSA) is 57.5 Å². The van der Waals surface area contributed by atoms with Gasteiger partial charge in [-0.15, -0.1) is 0 Å². The van der Waals surface area contributed by atoms with Crippen LogP contribution in [0.15, 0.2) is 0 Å². The number of unbranched alkanes of at least 4 members (excludes halogenated alkanes) is 4. The van der Waals surface area contributed by atoms with Crippen molar-refractivity contribution in [3.63, 3.8) is 0 Å². The Hall–Kier alpha value is -0.570. The quantitative estimate of drug-likeness (QED) is 0.643. The van der Waals surface area contributed by atoms with E-state index in [-0.39, 0.29) is 11.3 Å². The van der Waals surface area contributed by atoms with Crippen LogP contribution in [0.3, 0.4) is 0 Å². The molecule has 0 bridgehead atoms. The van der Waals surface area contributed by atoms with E-state index in [1.165, 1.54) is 19.3 Å². The molecule has 2 unspecified atom stereocenters. The molecule has 0 spiro atoms. The molecule has 2 N–H and O–H groups in total. The van der Waals surface area contributed by atoms with E-state index in [0.717, 1.165) is 19.3 Å². The number of rotatable bonds is 8. The van der Waals surface area contributed by atoms with Crippen molar-refractivity contribution in [3.8, 4) is 0 Å². The summed E-state index contributed by atoms with van der Waals surface area (Å²) in [4.78, 5) is 10.9. The lowest BCUT2D eigenvalue weighted by atomic mass is 9.74. The Morgan fingerprint density at radius 3 is 2.06 bits per heavy atom. The Morgan fingerprint density at radius 1 is 1.12 bits per heavy atom. The Kier molecular flexibility index (Phi) is 7.44. The summed E-state index contributed by atoms with van der Waals surface area (Å²) in [5.74, 6) is -1.26. The molecule has 0 aliphatic carbocycles. The summed E-state index contributed by atoms with van der Waals surface area (Å²) in [6.45, 7) is 8.16. The molecule has 0 aliphatic heterocycles. The van der Waals surface area contributed by atoms with E-state index < -0.39 is 12.1 Å². The maximum atomic E-state index is 10.9. The van der Waals surface area contributed by atoms with Gasteiger partial charge in [-0.05, 0) is 11.8 Å². The fourth-order valence-electron chi connectivity index (χ4n) is 2.20. The third-order valence-corrected chi connectivity index (χ3v) is 3.37. The molecule has 0 saturated heterocycles. The summed E-state index contributed by atoms with van der Waals surface area (Å²) >= 11 is 0. The highest BCUT2D eigenvalue weighted by molar-refractivity contribution is 5.72. The minimum Gasteiger partial charge on any atom is -0.479 e. The largest absolute Gasteiger partial charge is 0.479 e. The summed E-state index contributed by atoms with van der Waals surface area (Å²) in [5.41, 5.74) is -0.164. The van der Waals surface area contributed by atoms with Crippen LogP contribution in [0.2, 0.25) is 0 Å². The average molecular weight is 244 g/mol. The molecule has 0 aromatic heterocycles. The van der Waals surface area contributed by atoms with Crippen LogP contribution in [0.4, 0.5) is 0 Å². The first-order valence-electron chi connectivity index (χ1n) is 6.71. The zero-order chi connectivity index (χ0) is 13.5. The van der Waals surface area contributed by atoms with Gasteiger partial charge in [0.05, 0.1) is 0 Å². The Labute approximate surface area is 105 Å². The van der Waals surface area contributed by atoms with E-state index in [0.29, 0.717) is 0 Å². The smallest absolute Gasteiger partial charge is 0.332 e. The van der Waals surface area contributed by atoms with Gasteiger partial charge in [-0.2, -0.15) is 0 Å². The highest BCUT2D eigenvalue weighted by Gasteiger charge is 2.34. The lowest BCUT2D eigenvalue weighted by molar-refractivity contribution is -0.152. The summed E-state index contributed by atoms with van der Waals surface area (Å²) in [6, 6.07) is 0. The third kappa shape index (κ3) is 6.67. The number of carboxylic acids is 1. The zero-order valence-corrected chi connectivity index (χ0v) is 11.7. The van der Waals surface area contributed by atoms with Crippen molar-refractivity contribution >= 4 is 5.97 Å². The van der Waals surface area contributed by atoms with E-state index >= 15 is 0 Å². The molecule has 17 heavy (non-hydrogen) atoms. The van der Waals surface area contributed by atoms with Gasteiger partial charge in [0.15, 0.2) is 6.10 Å². The molecule has 0 aliphatic rings. The SMILES string of the molecule is CCCCCCCC(C(O)C(=O)O)C(C)(C)C. The van der Waals surface area contributed by atoms with E-state index in [1.807, 2.05) is 20.8 Å². The van der Waals surface area contributed by atoms with Gasteiger partial charge < -0.3 is 10.2 Å². The molecular weight excluding hydrogens is 216 g/mol. The predicted octanol–water partition coefficient (Wildman–Crippen LogP) is 3.45. The lowest BCUT2D eigenvalue weighted by Gasteiger charge is -2.32. The maximum Gasteiger partial charge on any atom is 0.332 e. The molecule has 0 amide bonds. The zero-order valence-electron chi connectivity index (χ0n) is 11.7. The molecule has 0 aromatic rings. The molecule has 2 atom stereocenters. The summed E-state index contributed by atoms with van der Waals surface area (Å²) < 4.78 is 0. The van der Waals surface area contributed by atoms with E-state index in [4.69, 9.17) is 5.11 Å². The normalized spacial score (nSPS) is 15.6. The van der Waals surface area contributed by atoms with Gasteiger partial charge in [0.1, 0.15) is 0 Å². The molecule has 0 fully saturated rings. The highest BCUT2D eigenvalue weighted by atomic mass is 16.4. The Morgan fingerprint density at radius 2 is 1.65 bits per heavy atom. The second-order valence-corrected chi connectivity index (χ2v) is 5.96. The van der Waals surface area contributed by atoms with Crippen LogP contribution in [-0.4, -0.2) is 22.3 Å². The first-order chi connectivity index (χ1) is 7.80. The van der Waals surface area contributed by atoms with Gasteiger partial charge in [0.25, 0.3) is 0 Å². The fraction of sp³-hybridized carbons (Fsp3) is 0.929. The maximum absolute atomic E-state index is 10.9. The Bertz CT molecular complexity index is 218. The van der Waals surface area contributed by atoms with Gasteiger partial charge in [-0.25, -0.2) is 4.79 Å². The number of carbonyl (C=O) groups is 1. The molecule has 102 valence electrons. The first-order valence-corrected chi connectivity index (χ1v) is 6.71. The molecule has 0 heterocycles. The van der Waals surface area contributed by atoms with Crippen LogP contribution < -0.4 is 0 Å². The minimum atomic E-state index is -1.24. The molecule has 0 saturated carbocycles. The average Bonchev–Trinajstić information content (AvgIpc) is 2.20. The van der Waals surface area contributed by atoms with Crippen LogP contribution in [-0.2, 0) is 4.79 Å². The number of aliphatic carboxylic acids is 1. The van der Waals surface area contributed by atoms with Crippen LogP contribution in [0, 0.1) is 11.3 Å². The number of carboxylic acid groups (broad SMARTS) is 1. The number of hydrogen-bond acceptors (Lipinski definition) is 2. The number of hydrogen-bond donors (Lipinski definition) is 2. The van der Waals surface area contributed by atoms with Crippen molar-refractivity contribution < 1.29 is 15.0 Å². The van der Waals surface area contributed by atoms with Crippen LogP contribution >= 0.6 is 0 Å². The fourth-order valence-corrected chi connectivity index (χ4v) is 2.20. The second-order valence-electron chi connectivity index (χ2n) is 5.96. The molecule has 0 rings (SSSR count). The van der Waals surface area contributed by atoms with Gasteiger partial charge >= 0.3 is 5.97 Å². The molecule has 3 heteroatoms. The van der Waals surface area contributed by atoms with Gasteiger partial charge in [0.2, 0.25) is 0 Å². The van der Waals surface area contributed by atoms with Gasteiger partial charge in [0, 0.05) is 5.92 Å². The van der Waals surface area contributed by atoms with E-state index in [9.17, 15) is 9.90 Å². The minimum absolute atomic E-state index is 0.164. The molecule has 0 radical (unpaired) electrons. The monoisotopic (exact) mass is 244 g/mol. The highest BCUT2D eigenvalue weighted by Crippen LogP contribution is 2.33. The summed E-state index contributed by atoms with van der Waals surface area (Å²) in [6.07, 6.45) is 5.35. The van der Waals surface area contributed by atoms with Crippen LogP contribution in [0.25, 0.3) is 0 Å². The second kappa shape index (κ2) is 7.70. The number of aliphatic hydroxyl groups excluding tert-OH is 1. The van der Waals surface area contributed by atoms with Crippen molar-refractivity contribution in [1.29, 1.82) is 0 Å². The molecule has 0 aromatic carbocycles. The van der Waals surface area contributed by atoms with Crippen LogP contribution in [0.5, 0.6) is 0 Å². The Balaban J connectivity index is 4.18. The lowest BCUT2D eigenvalue weighted by Crippen LogP contribution is -2.37. The summed E-state index contributed by atoms with van der Waals surface area (Å²) in [5, 5.41) is 18.6. The predicted molar refractivity (Wildman–Crippen MR) is 70.0 cm³/mol. The summed E-state index contributed by atoms with van der Waals surface area (Å²) in [7, 11) is 0. The van der Waals surface area contributed by atoms with Crippen molar-refractivity contribution in [2.24, 2.45) is 11.3 Å². The standard InChI is InChI=1S/C14H28O3/c1-5-6-7-8-9-10-11(14(2,3)4)12(15)13(16)17/h11-12,15H,5-10H2,1-4H3,(H,16,17). The van der Waals surface area contributed by atoms with E-state index in [2.05, 4.69) is 6.92 Å². The third-order valence-electron chi connectivity index (χ3n) is 3.37. The van der Waals surface area contributed by atoms with Crippen molar-refractivity contribution in [2.45, 2.75) is 72.3 Å².